The van der Waals surface area contributed by atoms with Crippen LogP contribution in [0.5, 0.6) is 0 Å². The summed E-state index contributed by atoms with van der Waals surface area (Å²) in [4.78, 5) is 18.6. The molecule has 7 heteroatoms. The van der Waals surface area contributed by atoms with E-state index < -0.39 is 0 Å². The molecule has 0 fully saturated rings. The maximum atomic E-state index is 12.3. The quantitative estimate of drug-likeness (QED) is 0.494. The van der Waals surface area contributed by atoms with Gasteiger partial charge < -0.3 is 4.42 Å². The molecular weight excluding hydrogens is 388 g/mol. The molecule has 0 saturated carbocycles. The zero-order valence-electron chi connectivity index (χ0n) is 14.8. The van der Waals surface area contributed by atoms with Gasteiger partial charge in [0.05, 0.1) is 28.4 Å². The summed E-state index contributed by atoms with van der Waals surface area (Å²) >= 11 is 9.61. The van der Waals surface area contributed by atoms with Crippen molar-refractivity contribution in [3.63, 3.8) is 0 Å². The summed E-state index contributed by atoms with van der Waals surface area (Å²) in [7, 11) is 0. The summed E-state index contributed by atoms with van der Waals surface area (Å²) in [6, 6.07) is 7.73. The van der Waals surface area contributed by atoms with Gasteiger partial charge in [-0.05, 0) is 43.2 Å². The molecule has 0 spiro atoms. The number of carbonyl (C=O) groups is 1. The summed E-state index contributed by atoms with van der Waals surface area (Å²) in [5.74, 6) is 2.38. The first-order chi connectivity index (χ1) is 12.5. The third kappa shape index (κ3) is 4.31. The number of rotatable bonds is 6. The number of benzene rings is 1. The number of furan rings is 1. The molecule has 2 aromatic heterocycles. The van der Waals surface area contributed by atoms with Crippen molar-refractivity contribution in [2.24, 2.45) is 0 Å². The Kier molecular flexibility index (Phi) is 6.06. The Hall–Kier alpha value is -1.76. The second-order valence-electron chi connectivity index (χ2n) is 5.96. The van der Waals surface area contributed by atoms with Crippen molar-refractivity contribution in [2.45, 2.75) is 32.3 Å². The molecular formula is C19H19ClN2O2S2. The number of amides is 1. The number of anilines is 2. The molecule has 0 bridgehead atoms. The van der Waals surface area contributed by atoms with Gasteiger partial charge >= 0.3 is 0 Å². The second-order valence-corrected chi connectivity index (χ2v) is 8.19. The predicted molar refractivity (Wildman–Crippen MR) is 110 cm³/mol. The van der Waals surface area contributed by atoms with Crippen molar-refractivity contribution in [1.82, 2.24) is 4.98 Å². The van der Waals surface area contributed by atoms with Crippen molar-refractivity contribution in [1.29, 1.82) is 0 Å². The van der Waals surface area contributed by atoms with Crippen molar-refractivity contribution in [2.75, 3.05) is 4.90 Å². The molecule has 2 heterocycles. The van der Waals surface area contributed by atoms with E-state index in [1.54, 1.807) is 22.9 Å². The van der Waals surface area contributed by atoms with Crippen LogP contribution in [0.2, 0.25) is 5.02 Å². The molecule has 0 N–H and O–H groups in total. The highest BCUT2D eigenvalue weighted by atomic mass is 35.5. The standard InChI is InChI=1S/C19H19ClN2O2S2/c1-12-7-13(2)18(17(20)8-12)22(14(3)23)19-21-15(10-26-19)9-25-11-16-5-4-6-24-16/h4-8,10H,9,11H2,1-3H3. The predicted octanol–water partition coefficient (Wildman–Crippen LogP) is 6.12. The van der Waals surface area contributed by atoms with E-state index in [2.05, 4.69) is 4.98 Å². The van der Waals surface area contributed by atoms with Crippen LogP contribution in [0.15, 0.2) is 40.3 Å². The van der Waals surface area contributed by atoms with E-state index in [9.17, 15) is 4.79 Å². The molecule has 0 aliphatic heterocycles. The fourth-order valence-electron chi connectivity index (χ4n) is 2.70. The second kappa shape index (κ2) is 8.29. The normalized spacial score (nSPS) is 10.9. The van der Waals surface area contributed by atoms with Gasteiger partial charge in [0.2, 0.25) is 5.91 Å². The lowest BCUT2D eigenvalue weighted by Crippen LogP contribution is -2.24. The minimum atomic E-state index is -0.108. The largest absolute Gasteiger partial charge is 0.468 e. The van der Waals surface area contributed by atoms with Crippen LogP contribution >= 0.6 is 34.7 Å². The van der Waals surface area contributed by atoms with E-state index in [-0.39, 0.29) is 5.91 Å². The van der Waals surface area contributed by atoms with E-state index in [0.717, 1.165) is 34.1 Å². The van der Waals surface area contributed by atoms with Crippen molar-refractivity contribution >= 4 is 51.4 Å². The van der Waals surface area contributed by atoms with E-state index >= 15 is 0 Å². The summed E-state index contributed by atoms with van der Waals surface area (Å²) in [6.45, 7) is 5.47. The van der Waals surface area contributed by atoms with Gasteiger partial charge in [0.25, 0.3) is 0 Å². The minimum absolute atomic E-state index is 0.108. The van der Waals surface area contributed by atoms with Crippen LogP contribution in [0.3, 0.4) is 0 Å². The third-order valence-corrected chi connectivity index (χ3v) is 5.89. The van der Waals surface area contributed by atoms with Crippen molar-refractivity contribution in [3.8, 4) is 0 Å². The van der Waals surface area contributed by atoms with Gasteiger partial charge in [0, 0.05) is 18.1 Å². The number of aryl methyl sites for hydroxylation is 2. The van der Waals surface area contributed by atoms with Gasteiger partial charge in [-0.1, -0.05) is 17.7 Å². The fraction of sp³-hybridized carbons (Fsp3) is 0.263. The van der Waals surface area contributed by atoms with Gasteiger partial charge in [0.15, 0.2) is 5.13 Å². The number of thiazole rings is 1. The number of carbonyl (C=O) groups excluding carboxylic acids is 1. The molecule has 0 radical (unpaired) electrons. The molecule has 3 rings (SSSR count). The summed E-state index contributed by atoms with van der Waals surface area (Å²) in [5.41, 5.74) is 3.66. The Balaban J connectivity index is 1.79. The van der Waals surface area contributed by atoms with Crippen LogP contribution in [-0.2, 0) is 16.3 Å². The number of halogens is 1. The highest BCUT2D eigenvalue weighted by Crippen LogP contribution is 2.37. The lowest BCUT2D eigenvalue weighted by Gasteiger charge is -2.22. The Labute approximate surface area is 166 Å². The number of hydrogen-bond acceptors (Lipinski definition) is 5. The van der Waals surface area contributed by atoms with E-state index in [4.69, 9.17) is 16.0 Å². The molecule has 1 amide bonds. The van der Waals surface area contributed by atoms with Crippen molar-refractivity contribution in [3.05, 3.63) is 63.5 Å². The number of aromatic nitrogens is 1. The first-order valence-electron chi connectivity index (χ1n) is 8.07. The van der Waals surface area contributed by atoms with E-state index in [0.29, 0.717) is 15.8 Å². The number of hydrogen-bond donors (Lipinski definition) is 0. The Bertz CT molecular complexity index is 883. The molecule has 3 aromatic rings. The maximum absolute atomic E-state index is 12.3. The Morgan fingerprint density at radius 3 is 2.81 bits per heavy atom. The van der Waals surface area contributed by atoms with Crippen LogP contribution in [0, 0.1) is 13.8 Å². The molecule has 0 aliphatic carbocycles. The van der Waals surface area contributed by atoms with Gasteiger partial charge in [-0.15, -0.1) is 23.1 Å². The van der Waals surface area contributed by atoms with Crippen LogP contribution in [0.4, 0.5) is 10.8 Å². The van der Waals surface area contributed by atoms with Crippen LogP contribution < -0.4 is 4.90 Å². The summed E-state index contributed by atoms with van der Waals surface area (Å²) in [6.07, 6.45) is 1.68. The fourth-order valence-corrected chi connectivity index (χ4v) is 4.90. The lowest BCUT2D eigenvalue weighted by molar-refractivity contribution is -0.115. The van der Waals surface area contributed by atoms with Crippen LogP contribution in [0.1, 0.15) is 29.5 Å². The van der Waals surface area contributed by atoms with Gasteiger partial charge in [0.1, 0.15) is 5.76 Å². The highest BCUT2D eigenvalue weighted by Gasteiger charge is 2.22. The SMILES string of the molecule is CC(=O)N(c1nc(CSCc2ccco2)cs1)c1c(C)cc(C)cc1Cl. The van der Waals surface area contributed by atoms with Crippen LogP contribution in [-0.4, -0.2) is 10.9 Å². The zero-order chi connectivity index (χ0) is 18.7. The average molecular weight is 407 g/mol. The molecule has 4 nitrogen and oxygen atoms in total. The highest BCUT2D eigenvalue weighted by molar-refractivity contribution is 7.97. The van der Waals surface area contributed by atoms with E-state index in [1.165, 1.54) is 18.3 Å². The Morgan fingerprint density at radius 1 is 1.35 bits per heavy atom. The molecule has 26 heavy (non-hydrogen) atoms. The van der Waals surface area contributed by atoms with E-state index in [1.807, 2.05) is 43.5 Å². The average Bonchev–Trinajstić information content (AvgIpc) is 3.22. The molecule has 0 saturated heterocycles. The van der Waals surface area contributed by atoms with Gasteiger partial charge in [-0.3, -0.25) is 9.69 Å². The first-order valence-corrected chi connectivity index (χ1v) is 10.5. The van der Waals surface area contributed by atoms with Gasteiger partial charge in [-0.2, -0.15) is 0 Å². The zero-order valence-corrected chi connectivity index (χ0v) is 17.2. The molecule has 0 atom stereocenters. The minimum Gasteiger partial charge on any atom is -0.468 e. The van der Waals surface area contributed by atoms with Crippen LogP contribution in [0.25, 0.3) is 0 Å². The first kappa shape index (κ1) is 19.0. The molecule has 1 aromatic carbocycles. The summed E-state index contributed by atoms with van der Waals surface area (Å²) < 4.78 is 5.33. The van der Waals surface area contributed by atoms with Crippen molar-refractivity contribution < 1.29 is 9.21 Å². The smallest absolute Gasteiger partial charge is 0.230 e. The monoisotopic (exact) mass is 406 g/mol. The number of nitrogens with zero attached hydrogens (tertiary/aromatic N) is 2. The maximum Gasteiger partial charge on any atom is 0.230 e. The third-order valence-electron chi connectivity index (χ3n) is 3.74. The Morgan fingerprint density at radius 2 is 2.15 bits per heavy atom. The topological polar surface area (TPSA) is 46.3 Å². The molecule has 136 valence electrons. The number of thioether (sulfide) groups is 1. The summed E-state index contributed by atoms with van der Waals surface area (Å²) in [5, 5.41) is 3.18. The van der Waals surface area contributed by atoms with Gasteiger partial charge in [-0.25, -0.2) is 4.98 Å². The molecule has 0 aliphatic rings. The lowest BCUT2D eigenvalue weighted by atomic mass is 10.1. The molecule has 0 unspecified atom stereocenters.